The molecule has 0 radical (unpaired) electrons. The Balaban J connectivity index is 2.48. The highest BCUT2D eigenvalue weighted by Gasteiger charge is 2.13. The van der Waals surface area contributed by atoms with Crippen LogP contribution in [-0.2, 0) is 9.53 Å². The highest BCUT2D eigenvalue weighted by molar-refractivity contribution is 5.80. The monoisotopic (exact) mass is 112 g/mol. The average Bonchev–Trinajstić information content (AvgIpc) is 2.12. The molecule has 1 unspecified atom stereocenters. The van der Waals surface area contributed by atoms with E-state index in [2.05, 4.69) is 0 Å². The molecule has 44 valence electrons. The quantitative estimate of drug-likeness (QED) is 0.500. The Morgan fingerprint density at radius 3 is 2.88 bits per heavy atom. The first-order valence-corrected chi connectivity index (χ1v) is 2.59. The van der Waals surface area contributed by atoms with Crippen LogP contribution in [0.25, 0.3) is 0 Å². The first kappa shape index (κ1) is 5.35. The molecule has 0 N–H and O–H groups in total. The molecule has 1 aliphatic rings. The second kappa shape index (κ2) is 1.99. The maximum atomic E-state index is 10.5. The molecule has 1 atom stereocenters. The molecule has 0 fully saturated rings. The number of ether oxygens (including phenoxy) is 1. The first-order valence-electron chi connectivity index (χ1n) is 2.59. The summed E-state index contributed by atoms with van der Waals surface area (Å²) in [7, 11) is 0. The topological polar surface area (TPSA) is 26.3 Å². The summed E-state index contributed by atoms with van der Waals surface area (Å²) in [6, 6.07) is 0. The van der Waals surface area contributed by atoms with Gasteiger partial charge in [0.25, 0.3) is 0 Å². The van der Waals surface area contributed by atoms with Crippen molar-refractivity contribution in [2.75, 3.05) is 6.61 Å². The van der Waals surface area contributed by atoms with Crippen LogP contribution in [0.5, 0.6) is 0 Å². The summed E-state index contributed by atoms with van der Waals surface area (Å²) in [5, 5.41) is 0. The predicted molar refractivity (Wildman–Crippen MR) is 29.3 cm³/mol. The largest absolute Gasteiger partial charge is 0.500 e. The summed E-state index contributed by atoms with van der Waals surface area (Å²) < 4.78 is 4.82. The standard InChI is InChI=1S/C6H8O2/c1-5(7)6-2-3-8-4-6/h2-3,6H,4H2,1H3. The van der Waals surface area contributed by atoms with Gasteiger partial charge in [0, 0.05) is 0 Å². The summed E-state index contributed by atoms with van der Waals surface area (Å²) in [4.78, 5) is 10.5. The molecular weight excluding hydrogens is 104 g/mol. The molecule has 1 heterocycles. The van der Waals surface area contributed by atoms with Crippen molar-refractivity contribution >= 4 is 5.78 Å². The van der Waals surface area contributed by atoms with Crippen molar-refractivity contribution in [1.82, 2.24) is 0 Å². The lowest BCUT2D eigenvalue weighted by Crippen LogP contribution is -2.08. The molecule has 2 heteroatoms. The van der Waals surface area contributed by atoms with E-state index in [9.17, 15) is 4.79 Å². The van der Waals surface area contributed by atoms with Gasteiger partial charge in [-0.05, 0) is 13.0 Å². The molecular formula is C6H8O2. The highest BCUT2D eigenvalue weighted by atomic mass is 16.5. The first-order chi connectivity index (χ1) is 3.80. The van der Waals surface area contributed by atoms with Gasteiger partial charge in [-0.3, -0.25) is 4.79 Å². The molecule has 0 aromatic rings. The molecule has 2 nitrogen and oxygen atoms in total. The van der Waals surface area contributed by atoms with E-state index in [1.807, 2.05) is 0 Å². The van der Waals surface area contributed by atoms with Gasteiger partial charge in [0.15, 0.2) is 0 Å². The number of ketones is 1. The minimum absolute atomic E-state index is 0.0231. The zero-order valence-electron chi connectivity index (χ0n) is 4.76. The fourth-order valence-corrected chi connectivity index (χ4v) is 0.618. The minimum atomic E-state index is 0.0231. The molecule has 1 rings (SSSR count). The normalized spacial score (nSPS) is 25.4. The molecule has 0 saturated carbocycles. The van der Waals surface area contributed by atoms with Crippen molar-refractivity contribution in [2.45, 2.75) is 6.92 Å². The van der Waals surface area contributed by atoms with E-state index in [1.165, 1.54) is 0 Å². The summed E-state index contributed by atoms with van der Waals surface area (Å²) in [6.45, 7) is 2.11. The third-order valence-electron chi connectivity index (χ3n) is 1.21. The summed E-state index contributed by atoms with van der Waals surface area (Å²) >= 11 is 0. The molecule has 0 aromatic carbocycles. The van der Waals surface area contributed by atoms with Crippen LogP contribution in [0.3, 0.4) is 0 Å². The zero-order valence-corrected chi connectivity index (χ0v) is 4.76. The fourth-order valence-electron chi connectivity index (χ4n) is 0.618. The second-order valence-electron chi connectivity index (χ2n) is 1.88. The molecule has 8 heavy (non-hydrogen) atoms. The molecule has 0 aliphatic carbocycles. The molecule has 1 aliphatic heterocycles. The minimum Gasteiger partial charge on any atom is -0.500 e. The lowest BCUT2D eigenvalue weighted by Gasteiger charge is -1.96. The van der Waals surface area contributed by atoms with Gasteiger partial charge >= 0.3 is 0 Å². The molecule has 0 aromatic heterocycles. The van der Waals surface area contributed by atoms with Gasteiger partial charge in [0.2, 0.25) is 0 Å². The van der Waals surface area contributed by atoms with E-state index in [0.29, 0.717) is 6.61 Å². The van der Waals surface area contributed by atoms with Crippen LogP contribution in [0.4, 0.5) is 0 Å². The molecule has 0 bridgehead atoms. The van der Waals surface area contributed by atoms with Gasteiger partial charge in [-0.15, -0.1) is 0 Å². The van der Waals surface area contributed by atoms with Gasteiger partial charge in [-0.2, -0.15) is 0 Å². The van der Waals surface area contributed by atoms with Gasteiger partial charge in [-0.1, -0.05) is 0 Å². The Bertz CT molecular complexity index is 126. The van der Waals surface area contributed by atoms with Crippen LogP contribution in [0.1, 0.15) is 6.92 Å². The van der Waals surface area contributed by atoms with E-state index in [4.69, 9.17) is 4.74 Å². The lowest BCUT2D eigenvalue weighted by molar-refractivity contribution is -0.119. The van der Waals surface area contributed by atoms with Crippen molar-refractivity contribution in [3.8, 4) is 0 Å². The number of hydrogen-bond donors (Lipinski definition) is 0. The van der Waals surface area contributed by atoms with E-state index in [-0.39, 0.29) is 11.7 Å². The van der Waals surface area contributed by atoms with Crippen LogP contribution >= 0.6 is 0 Å². The van der Waals surface area contributed by atoms with E-state index < -0.39 is 0 Å². The van der Waals surface area contributed by atoms with Crippen LogP contribution < -0.4 is 0 Å². The van der Waals surface area contributed by atoms with E-state index >= 15 is 0 Å². The van der Waals surface area contributed by atoms with Gasteiger partial charge < -0.3 is 4.74 Å². The van der Waals surface area contributed by atoms with Gasteiger partial charge in [-0.25, -0.2) is 0 Å². The second-order valence-corrected chi connectivity index (χ2v) is 1.88. The maximum Gasteiger partial charge on any atom is 0.140 e. The molecule has 0 saturated heterocycles. The third kappa shape index (κ3) is 0.886. The fraction of sp³-hybridized carbons (Fsp3) is 0.500. The smallest absolute Gasteiger partial charge is 0.140 e. The maximum absolute atomic E-state index is 10.5. The number of carbonyl (C=O) groups is 1. The third-order valence-corrected chi connectivity index (χ3v) is 1.21. The van der Waals surface area contributed by atoms with E-state index in [0.717, 1.165) is 0 Å². The van der Waals surface area contributed by atoms with Crippen molar-refractivity contribution in [3.05, 3.63) is 12.3 Å². The van der Waals surface area contributed by atoms with Crippen molar-refractivity contribution < 1.29 is 9.53 Å². The van der Waals surface area contributed by atoms with Crippen LogP contribution in [0, 0.1) is 5.92 Å². The molecule has 0 spiro atoms. The number of carbonyl (C=O) groups excluding carboxylic acids is 1. The van der Waals surface area contributed by atoms with Crippen LogP contribution in [0.15, 0.2) is 12.3 Å². The van der Waals surface area contributed by atoms with Crippen molar-refractivity contribution in [3.63, 3.8) is 0 Å². The van der Waals surface area contributed by atoms with Gasteiger partial charge in [0.05, 0.1) is 12.2 Å². The Labute approximate surface area is 48.1 Å². The predicted octanol–water partition coefficient (Wildman–Crippen LogP) is 0.736. The van der Waals surface area contributed by atoms with Crippen LogP contribution in [0.2, 0.25) is 0 Å². The van der Waals surface area contributed by atoms with E-state index in [1.54, 1.807) is 19.3 Å². The summed E-state index contributed by atoms with van der Waals surface area (Å²) in [5.41, 5.74) is 0. The van der Waals surface area contributed by atoms with Gasteiger partial charge in [0.1, 0.15) is 12.4 Å². The highest BCUT2D eigenvalue weighted by Crippen LogP contribution is 2.07. The zero-order chi connectivity index (χ0) is 5.98. The van der Waals surface area contributed by atoms with Crippen molar-refractivity contribution in [2.24, 2.45) is 5.92 Å². The number of hydrogen-bond acceptors (Lipinski definition) is 2. The SMILES string of the molecule is CC(=O)C1C=COC1. The Kier molecular flexibility index (Phi) is 1.33. The van der Waals surface area contributed by atoms with Crippen LogP contribution in [-0.4, -0.2) is 12.4 Å². The Hall–Kier alpha value is -0.790. The number of rotatable bonds is 1. The Morgan fingerprint density at radius 1 is 1.88 bits per heavy atom. The number of Topliss-reactive ketones (excluding diaryl/α,β-unsaturated/α-hetero) is 1. The summed E-state index contributed by atoms with van der Waals surface area (Å²) in [6.07, 6.45) is 3.36. The van der Waals surface area contributed by atoms with Crippen molar-refractivity contribution in [1.29, 1.82) is 0 Å². The lowest BCUT2D eigenvalue weighted by atomic mass is 10.1. The Morgan fingerprint density at radius 2 is 2.62 bits per heavy atom. The average molecular weight is 112 g/mol. The molecule has 0 amide bonds. The summed E-state index contributed by atoms with van der Waals surface area (Å²) in [5.74, 6) is 0.203.